The summed E-state index contributed by atoms with van der Waals surface area (Å²) in [6.07, 6.45) is 10.4. The van der Waals surface area contributed by atoms with Crippen LogP contribution in [0, 0.1) is 24.7 Å². The number of aryl methyl sites for hydroxylation is 1. The molecule has 0 bridgehead atoms. The van der Waals surface area contributed by atoms with Crippen LogP contribution in [-0.2, 0) is 4.74 Å². The van der Waals surface area contributed by atoms with Crippen LogP contribution in [0.15, 0.2) is 12.1 Å². The number of carbonyl (C=O) groups is 1. The number of rotatable bonds is 3. The minimum Gasteiger partial charge on any atom is -0.458 e. The summed E-state index contributed by atoms with van der Waals surface area (Å²) in [4.78, 5) is 14.1. The van der Waals surface area contributed by atoms with E-state index in [9.17, 15) is 4.79 Å². The zero-order valence-electron chi connectivity index (χ0n) is 13.8. The van der Waals surface area contributed by atoms with Gasteiger partial charge < -0.3 is 4.74 Å². The lowest BCUT2D eigenvalue weighted by molar-refractivity contribution is 0.0116. The smallest absolute Gasteiger partial charge is 0.348 e. The molecule has 2 aliphatic carbocycles. The van der Waals surface area contributed by atoms with E-state index in [1.54, 1.807) is 0 Å². The molecule has 1 heterocycles. The molecule has 22 heavy (non-hydrogen) atoms. The Hall–Kier alpha value is -0.830. The summed E-state index contributed by atoms with van der Waals surface area (Å²) in [6, 6.07) is 3.87. The van der Waals surface area contributed by atoms with Crippen LogP contribution in [0.5, 0.6) is 0 Å². The molecule has 122 valence electrons. The van der Waals surface area contributed by atoms with Gasteiger partial charge in [0.1, 0.15) is 11.0 Å². The number of thiophene rings is 1. The zero-order chi connectivity index (χ0) is 15.5. The van der Waals surface area contributed by atoms with E-state index in [0.29, 0.717) is 0 Å². The summed E-state index contributed by atoms with van der Waals surface area (Å²) < 4.78 is 5.71. The van der Waals surface area contributed by atoms with Gasteiger partial charge in [-0.25, -0.2) is 4.79 Å². The van der Waals surface area contributed by atoms with E-state index in [0.717, 1.165) is 35.5 Å². The Kier molecular flexibility index (Phi) is 5.22. The van der Waals surface area contributed by atoms with E-state index < -0.39 is 0 Å². The topological polar surface area (TPSA) is 26.3 Å². The fourth-order valence-corrected chi connectivity index (χ4v) is 4.94. The molecule has 2 nitrogen and oxygen atoms in total. The van der Waals surface area contributed by atoms with Crippen LogP contribution in [0.4, 0.5) is 0 Å². The Morgan fingerprint density at radius 1 is 1.00 bits per heavy atom. The van der Waals surface area contributed by atoms with Crippen molar-refractivity contribution in [3.8, 4) is 0 Å². The Balaban J connectivity index is 1.44. The van der Waals surface area contributed by atoms with Crippen molar-refractivity contribution in [3.63, 3.8) is 0 Å². The Bertz CT molecular complexity index is 491. The molecule has 1 aromatic rings. The number of ether oxygens (including phenoxy) is 1. The second kappa shape index (κ2) is 7.16. The molecule has 0 aliphatic heterocycles. The van der Waals surface area contributed by atoms with Gasteiger partial charge in [-0.15, -0.1) is 11.3 Å². The highest BCUT2D eigenvalue weighted by atomic mass is 32.1. The highest BCUT2D eigenvalue weighted by Gasteiger charge is 2.31. The summed E-state index contributed by atoms with van der Waals surface area (Å²) in [5, 5.41) is 0. The van der Waals surface area contributed by atoms with Gasteiger partial charge in [-0.3, -0.25) is 0 Å². The number of hydrogen-bond acceptors (Lipinski definition) is 3. The monoisotopic (exact) mass is 320 g/mol. The maximum absolute atomic E-state index is 12.1. The number of carbonyl (C=O) groups excluding carboxylic acids is 1. The second-order valence-corrected chi connectivity index (χ2v) is 8.66. The van der Waals surface area contributed by atoms with Gasteiger partial charge in [-0.1, -0.05) is 19.8 Å². The average Bonchev–Trinajstić information content (AvgIpc) is 2.96. The van der Waals surface area contributed by atoms with Crippen molar-refractivity contribution in [3.05, 3.63) is 21.9 Å². The van der Waals surface area contributed by atoms with Crippen LogP contribution in [0.25, 0.3) is 0 Å². The van der Waals surface area contributed by atoms with Gasteiger partial charge in [0.15, 0.2) is 0 Å². The molecule has 0 N–H and O–H groups in total. The standard InChI is InChI=1S/C19H28O2S/c1-13-3-6-15(7-4-13)16-8-10-17(11-9-16)21-19(20)18-12-5-14(2)22-18/h5,12-13,15-17H,3-4,6-11H2,1-2H3. The normalized spacial score (nSPS) is 32.6. The Morgan fingerprint density at radius 2 is 1.59 bits per heavy atom. The van der Waals surface area contributed by atoms with Crippen molar-refractivity contribution in [2.24, 2.45) is 17.8 Å². The summed E-state index contributed by atoms with van der Waals surface area (Å²) in [7, 11) is 0. The Labute approximate surface area is 138 Å². The largest absolute Gasteiger partial charge is 0.458 e. The van der Waals surface area contributed by atoms with Crippen LogP contribution in [-0.4, -0.2) is 12.1 Å². The van der Waals surface area contributed by atoms with Gasteiger partial charge in [0, 0.05) is 4.88 Å². The molecule has 0 spiro atoms. The summed E-state index contributed by atoms with van der Waals surface area (Å²) >= 11 is 1.53. The minimum absolute atomic E-state index is 0.118. The fourth-order valence-electron chi connectivity index (χ4n) is 4.19. The van der Waals surface area contributed by atoms with E-state index in [-0.39, 0.29) is 12.1 Å². The third-order valence-electron chi connectivity index (χ3n) is 5.66. The van der Waals surface area contributed by atoms with Gasteiger partial charge in [0.05, 0.1) is 0 Å². The maximum Gasteiger partial charge on any atom is 0.348 e. The first-order chi connectivity index (χ1) is 10.6. The third kappa shape index (κ3) is 3.92. The maximum atomic E-state index is 12.1. The lowest BCUT2D eigenvalue weighted by Gasteiger charge is -2.37. The lowest BCUT2D eigenvalue weighted by Crippen LogP contribution is -2.29. The van der Waals surface area contributed by atoms with Gasteiger partial charge >= 0.3 is 5.97 Å². The predicted octanol–water partition coefficient (Wildman–Crippen LogP) is 5.60. The lowest BCUT2D eigenvalue weighted by atomic mass is 9.71. The van der Waals surface area contributed by atoms with Crippen LogP contribution in [0.2, 0.25) is 0 Å². The van der Waals surface area contributed by atoms with Gasteiger partial charge in [0.2, 0.25) is 0 Å². The molecule has 2 saturated carbocycles. The molecule has 0 radical (unpaired) electrons. The van der Waals surface area contributed by atoms with Gasteiger partial charge in [-0.05, 0) is 75.3 Å². The Morgan fingerprint density at radius 3 is 2.14 bits per heavy atom. The molecule has 0 saturated heterocycles. The molecule has 0 amide bonds. The molecule has 0 atom stereocenters. The van der Waals surface area contributed by atoms with Crippen molar-refractivity contribution in [2.45, 2.75) is 71.3 Å². The van der Waals surface area contributed by atoms with E-state index >= 15 is 0 Å². The fraction of sp³-hybridized carbons (Fsp3) is 0.737. The van der Waals surface area contributed by atoms with Crippen molar-refractivity contribution in [1.29, 1.82) is 0 Å². The molecule has 2 fully saturated rings. The molecule has 1 aromatic heterocycles. The van der Waals surface area contributed by atoms with Crippen LogP contribution in [0.3, 0.4) is 0 Å². The van der Waals surface area contributed by atoms with Crippen LogP contribution < -0.4 is 0 Å². The van der Waals surface area contributed by atoms with Crippen molar-refractivity contribution in [2.75, 3.05) is 0 Å². The predicted molar refractivity (Wildman–Crippen MR) is 91.3 cm³/mol. The van der Waals surface area contributed by atoms with E-state index in [4.69, 9.17) is 4.74 Å². The first-order valence-corrected chi connectivity index (χ1v) is 9.71. The molecule has 3 rings (SSSR count). The quantitative estimate of drug-likeness (QED) is 0.678. The first-order valence-electron chi connectivity index (χ1n) is 8.89. The molecule has 0 unspecified atom stereocenters. The minimum atomic E-state index is -0.118. The molecule has 2 aliphatic rings. The molecular formula is C19H28O2S. The molecular weight excluding hydrogens is 292 g/mol. The second-order valence-electron chi connectivity index (χ2n) is 7.37. The molecule has 0 aromatic carbocycles. The molecule has 3 heteroatoms. The van der Waals surface area contributed by atoms with Gasteiger partial charge in [-0.2, -0.15) is 0 Å². The van der Waals surface area contributed by atoms with E-state index in [2.05, 4.69) is 6.92 Å². The van der Waals surface area contributed by atoms with E-state index in [1.807, 2.05) is 19.1 Å². The summed E-state index contributed by atoms with van der Waals surface area (Å²) in [5.41, 5.74) is 0. The number of esters is 1. The number of hydrogen-bond donors (Lipinski definition) is 0. The highest BCUT2D eigenvalue weighted by Crippen LogP contribution is 2.40. The summed E-state index contributed by atoms with van der Waals surface area (Å²) in [5.74, 6) is 2.63. The highest BCUT2D eigenvalue weighted by molar-refractivity contribution is 7.13. The van der Waals surface area contributed by atoms with E-state index in [1.165, 1.54) is 54.7 Å². The third-order valence-corrected chi connectivity index (χ3v) is 6.64. The van der Waals surface area contributed by atoms with Crippen LogP contribution in [0.1, 0.15) is 72.8 Å². The van der Waals surface area contributed by atoms with Crippen molar-refractivity contribution < 1.29 is 9.53 Å². The summed E-state index contributed by atoms with van der Waals surface area (Å²) in [6.45, 7) is 4.41. The van der Waals surface area contributed by atoms with Gasteiger partial charge in [0.25, 0.3) is 0 Å². The first kappa shape index (κ1) is 16.0. The average molecular weight is 320 g/mol. The SMILES string of the molecule is Cc1ccc(C(=O)OC2CCC(C3CCC(C)CC3)CC2)s1. The van der Waals surface area contributed by atoms with Crippen LogP contribution >= 0.6 is 11.3 Å². The van der Waals surface area contributed by atoms with Crippen molar-refractivity contribution in [1.82, 2.24) is 0 Å². The van der Waals surface area contributed by atoms with Crippen molar-refractivity contribution >= 4 is 17.3 Å². The zero-order valence-corrected chi connectivity index (χ0v) is 14.7.